The minimum atomic E-state index is -4.22. The lowest BCUT2D eigenvalue weighted by Gasteiger charge is -2.32. The van der Waals surface area contributed by atoms with E-state index in [0.717, 1.165) is 25.7 Å². The van der Waals surface area contributed by atoms with Gasteiger partial charge in [-0.2, -0.15) is 13.2 Å². The lowest BCUT2D eigenvalue weighted by molar-refractivity contribution is -0.188. The van der Waals surface area contributed by atoms with Gasteiger partial charge in [-0.05, 0) is 39.0 Å². The Balaban J connectivity index is 2.19. The molecule has 0 aliphatic heterocycles. The monoisotopic (exact) mass is 309 g/mol. The topological polar surface area (TPSA) is 21.3 Å². The van der Waals surface area contributed by atoms with E-state index in [1.807, 2.05) is 0 Å². The highest BCUT2D eigenvalue weighted by atomic mass is 19.4. The second-order valence-electron chi connectivity index (χ2n) is 6.33. The maximum atomic E-state index is 12.2. The summed E-state index contributed by atoms with van der Waals surface area (Å²) in [4.78, 5) is 0. The lowest BCUT2D eigenvalue weighted by Crippen LogP contribution is -2.42. The molecule has 5 heteroatoms. The van der Waals surface area contributed by atoms with E-state index in [-0.39, 0.29) is 6.10 Å². The van der Waals surface area contributed by atoms with Gasteiger partial charge in [-0.15, -0.1) is 0 Å². The first kappa shape index (κ1) is 18.8. The molecule has 0 aromatic heterocycles. The molecule has 0 radical (unpaired) electrons. The molecule has 3 atom stereocenters. The second-order valence-corrected chi connectivity index (χ2v) is 6.33. The molecule has 0 spiro atoms. The van der Waals surface area contributed by atoms with Gasteiger partial charge in [0.15, 0.2) is 0 Å². The molecule has 0 amide bonds. The van der Waals surface area contributed by atoms with E-state index in [2.05, 4.69) is 19.2 Å². The Kier molecular flexibility index (Phi) is 8.64. The smallest absolute Gasteiger partial charge is 0.369 e. The van der Waals surface area contributed by atoms with Gasteiger partial charge < -0.3 is 10.1 Å². The van der Waals surface area contributed by atoms with Crippen molar-refractivity contribution in [3.8, 4) is 0 Å². The molecule has 21 heavy (non-hydrogen) atoms. The van der Waals surface area contributed by atoms with Crippen LogP contribution in [0.4, 0.5) is 13.2 Å². The Morgan fingerprint density at radius 2 is 1.95 bits per heavy atom. The van der Waals surface area contributed by atoms with Gasteiger partial charge in [0.1, 0.15) is 6.61 Å². The molecular weight excluding hydrogens is 279 g/mol. The van der Waals surface area contributed by atoms with Gasteiger partial charge in [-0.25, -0.2) is 0 Å². The van der Waals surface area contributed by atoms with Crippen molar-refractivity contribution in [3.63, 3.8) is 0 Å². The molecule has 0 bridgehead atoms. The van der Waals surface area contributed by atoms with Crippen molar-refractivity contribution in [2.24, 2.45) is 0 Å². The van der Waals surface area contributed by atoms with E-state index in [1.165, 1.54) is 25.7 Å². The van der Waals surface area contributed by atoms with Crippen LogP contribution in [0.2, 0.25) is 0 Å². The summed E-state index contributed by atoms with van der Waals surface area (Å²) in [5, 5.41) is 3.56. The van der Waals surface area contributed by atoms with Crippen molar-refractivity contribution in [2.75, 3.05) is 6.61 Å². The molecule has 0 aromatic rings. The average Bonchev–Trinajstić information content (AvgIpc) is 2.41. The summed E-state index contributed by atoms with van der Waals surface area (Å²) in [7, 11) is 0. The Morgan fingerprint density at radius 3 is 2.62 bits per heavy atom. The van der Waals surface area contributed by atoms with E-state index in [4.69, 9.17) is 4.74 Å². The van der Waals surface area contributed by atoms with E-state index in [1.54, 1.807) is 0 Å². The first-order chi connectivity index (χ1) is 9.90. The van der Waals surface area contributed by atoms with Gasteiger partial charge in [0, 0.05) is 12.1 Å². The van der Waals surface area contributed by atoms with Crippen molar-refractivity contribution >= 4 is 0 Å². The average molecular weight is 309 g/mol. The third-order valence-corrected chi connectivity index (χ3v) is 4.12. The highest BCUT2D eigenvalue weighted by molar-refractivity contribution is 4.80. The van der Waals surface area contributed by atoms with E-state index >= 15 is 0 Å². The third-order valence-electron chi connectivity index (χ3n) is 4.12. The first-order valence-electron chi connectivity index (χ1n) is 8.35. The molecule has 0 aromatic carbocycles. The Labute approximate surface area is 126 Å². The van der Waals surface area contributed by atoms with Crippen molar-refractivity contribution in [2.45, 2.75) is 96.0 Å². The summed E-state index contributed by atoms with van der Waals surface area (Å²) < 4.78 is 41.5. The van der Waals surface area contributed by atoms with Crippen LogP contribution < -0.4 is 5.32 Å². The number of hydrogen-bond acceptors (Lipinski definition) is 2. The number of hydrogen-bond donors (Lipinski definition) is 1. The zero-order chi connectivity index (χ0) is 15.7. The van der Waals surface area contributed by atoms with Crippen LogP contribution in [0.25, 0.3) is 0 Å². The lowest BCUT2D eigenvalue weighted by atomic mass is 9.92. The van der Waals surface area contributed by atoms with Crippen molar-refractivity contribution in [3.05, 3.63) is 0 Å². The number of alkyl halides is 3. The van der Waals surface area contributed by atoms with Gasteiger partial charge in [0.2, 0.25) is 0 Å². The number of unbranched alkanes of at least 4 members (excludes halogenated alkanes) is 3. The minimum Gasteiger partial charge on any atom is -0.369 e. The van der Waals surface area contributed by atoms with Crippen molar-refractivity contribution in [1.82, 2.24) is 5.32 Å². The Bertz CT molecular complexity index is 271. The molecule has 1 aliphatic carbocycles. The van der Waals surface area contributed by atoms with Gasteiger partial charge >= 0.3 is 6.18 Å². The van der Waals surface area contributed by atoms with Crippen molar-refractivity contribution < 1.29 is 17.9 Å². The molecule has 1 rings (SSSR count). The Hall–Kier alpha value is -0.290. The maximum absolute atomic E-state index is 12.2. The highest BCUT2D eigenvalue weighted by Crippen LogP contribution is 2.24. The fourth-order valence-electron chi connectivity index (χ4n) is 3.02. The van der Waals surface area contributed by atoms with Crippen LogP contribution in [0.3, 0.4) is 0 Å². The van der Waals surface area contributed by atoms with Gasteiger partial charge in [-0.3, -0.25) is 0 Å². The standard InChI is InChI=1S/C16H30F3NO/c1-3-4-5-6-8-13(2)20-14-9-7-10-15(11-14)21-12-16(17,18)19/h13-15,20H,3-12H2,1-2H3. The molecule has 1 aliphatic rings. The van der Waals surface area contributed by atoms with Gasteiger partial charge in [0.25, 0.3) is 0 Å². The van der Waals surface area contributed by atoms with Gasteiger partial charge in [0.05, 0.1) is 6.10 Å². The molecule has 2 nitrogen and oxygen atoms in total. The number of ether oxygens (including phenoxy) is 1. The van der Waals surface area contributed by atoms with E-state index < -0.39 is 12.8 Å². The van der Waals surface area contributed by atoms with Crippen LogP contribution in [0.1, 0.15) is 71.6 Å². The SMILES string of the molecule is CCCCCCC(C)NC1CCCC(OCC(F)(F)F)C1. The summed E-state index contributed by atoms with van der Waals surface area (Å²) in [5.41, 5.74) is 0. The summed E-state index contributed by atoms with van der Waals surface area (Å²) in [6.45, 7) is 3.26. The molecule has 1 saturated carbocycles. The molecule has 0 saturated heterocycles. The molecule has 126 valence electrons. The predicted octanol–water partition coefficient (Wildman–Crippen LogP) is 4.83. The van der Waals surface area contributed by atoms with Crippen molar-refractivity contribution in [1.29, 1.82) is 0 Å². The number of nitrogens with one attached hydrogen (secondary N) is 1. The first-order valence-corrected chi connectivity index (χ1v) is 8.35. The number of halogens is 3. The highest BCUT2D eigenvalue weighted by Gasteiger charge is 2.31. The molecular formula is C16H30F3NO. The fourth-order valence-corrected chi connectivity index (χ4v) is 3.02. The molecule has 1 fully saturated rings. The summed E-state index contributed by atoms with van der Waals surface area (Å²) in [6, 6.07) is 0.742. The Morgan fingerprint density at radius 1 is 1.19 bits per heavy atom. The predicted molar refractivity (Wildman–Crippen MR) is 79.4 cm³/mol. The minimum absolute atomic E-state index is 0.245. The zero-order valence-electron chi connectivity index (χ0n) is 13.3. The maximum Gasteiger partial charge on any atom is 0.411 e. The van der Waals surface area contributed by atoms with E-state index in [0.29, 0.717) is 18.5 Å². The summed E-state index contributed by atoms with van der Waals surface area (Å²) in [5.74, 6) is 0. The fraction of sp³-hybridized carbons (Fsp3) is 1.00. The van der Waals surface area contributed by atoms with Crippen LogP contribution in [-0.4, -0.2) is 31.0 Å². The molecule has 3 unspecified atom stereocenters. The molecule has 1 N–H and O–H groups in total. The summed E-state index contributed by atoms with van der Waals surface area (Å²) in [6.07, 6.45) is 5.14. The third kappa shape index (κ3) is 9.35. The van der Waals surface area contributed by atoms with Crippen LogP contribution >= 0.6 is 0 Å². The van der Waals surface area contributed by atoms with E-state index in [9.17, 15) is 13.2 Å². The zero-order valence-corrected chi connectivity index (χ0v) is 13.3. The van der Waals surface area contributed by atoms with Crippen LogP contribution in [0, 0.1) is 0 Å². The number of rotatable bonds is 9. The van der Waals surface area contributed by atoms with Crippen LogP contribution in [0.15, 0.2) is 0 Å². The summed E-state index contributed by atoms with van der Waals surface area (Å²) >= 11 is 0. The quantitative estimate of drug-likeness (QED) is 0.616. The second kappa shape index (κ2) is 9.67. The normalized spacial score (nSPS) is 25.0. The van der Waals surface area contributed by atoms with Crippen LogP contribution in [-0.2, 0) is 4.74 Å². The largest absolute Gasteiger partial charge is 0.411 e. The van der Waals surface area contributed by atoms with Crippen LogP contribution in [0.5, 0.6) is 0 Å². The van der Waals surface area contributed by atoms with Gasteiger partial charge in [-0.1, -0.05) is 32.6 Å². The molecule has 0 heterocycles.